The number of rotatable bonds is 5. The number of methoxy groups -OCH3 is 1. The number of nitrogens with one attached hydrogen (secondary N) is 1. The molecule has 144 valence electrons. The molecule has 0 unspecified atom stereocenters. The largest absolute Gasteiger partial charge is 0.481 e. The first-order valence-electron chi connectivity index (χ1n) is 8.99. The standard InChI is InChI=1S/C18H24N6O3/c1-12(2)10-23-11-20-22-16(23)14-5-4-8-24(14)18(26)17(25)21-13-6-7-15(27-3)19-9-13/h6-7,9,11-12,14H,4-5,8,10H2,1-3H3,(H,21,25)/t14-/m0/s1. The number of hydrogen-bond donors (Lipinski definition) is 1. The van der Waals surface area contributed by atoms with E-state index in [2.05, 4.69) is 34.3 Å². The molecule has 2 amide bonds. The average Bonchev–Trinajstić information content (AvgIpc) is 3.30. The second-order valence-electron chi connectivity index (χ2n) is 6.94. The maximum absolute atomic E-state index is 12.7. The fourth-order valence-corrected chi connectivity index (χ4v) is 3.22. The topological polar surface area (TPSA) is 102 Å². The number of carbonyl (C=O) groups excluding carboxylic acids is 2. The molecule has 1 atom stereocenters. The molecule has 2 aromatic heterocycles. The van der Waals surface area contributed by atoms with Crippen LogP contribution in [0.3, 0.4) is 0 Å². The molecule has 0 bridgehead atoms. The van der Waals surface area contributed by atoms with Crippen molar-refractivity contribution in [1.29, 1.82) is 0 Å². The molecule has 3 rings (SSSR count). The molecule has 0 saturated carbocycles. The Morgan fingerprint density at radius 3 is 2.85 bits per heavy atom. The van der Waals surface area contributed by atoms with Crippen LogP contribution in [0.5, 0.6) is 5.88 Å². The molecule has 3 heterocycles. The number of anilines is 1. The van der Waals surface area contributed by atoms with Gasteiger partial charge in [-0.1, -0.05) is 13.8 Å². The molecular formula is C18H24N6O3. The molecular weight excluding hydrogens is 348 g/mol. The van der Waals surface area contributed by atoms with Gasteiger partial charge in [0.2, 0.25) is 5.88 Å². The van der Waals surface area contributed by atoms with Crippen LogP contribution < -0.4 is 10.1 Å². The Kier molecular flexibility index (Phi) is 5.68. The lowest BCUT2D eigenvalue weighted by molar-refractivity contribution is -0.143. The van der Waals surface area contributed by atoms with Crippen LogP contribution in [0, 0.1) is 5.92 Å². The quantitative estimate of drug-likeness (QED) is 0.801. The number of likely N-dealkylation sites (tertiary alicyclic amines) is 1. The summed E-state index contributed by atoms with van der Waals surface area (Å²) in [7, 11) is 1.51. The Morgan fingerprint density at radius 1 is 1.37 bits per heavy atom. The highest BCUT2D eigenvalue weighted by Gasteiger charge is 2.36. The Balaban J connectivity index is 1.71. The first kappa shape index (κ1) is 18.8. The van der Waals surface area contributed by atoms with Crippen LogP contribution in [0.1, 0.15) is 38.6 Å². The number of pyridine rings is 1. The first-order valence-corrected chi connectivity index (χ1v) is 8.99. The molecule has 1 aliphatic rings. The van der Waals surface area contributed by atoms with E-state index in [-0.39, 0.29) is 6.04 Å². The smallest absolute Gasteiger partial charge is 0.313 e. The van der Waals surface area contributed by atoms with Crippen molar-refractivity contribution in [2.24, 2.45) is 5.92 Å². The normalized spacial score (nSPS) is 16.6. The minimum absolute atomic E-state index is 0.238. The van der Waals surface area contributed by atoms with E-state index >= 15 is 0 Å². The molecule has 0 spiro atoms. The van der Waals surface area contributed by atoms with E-state index in [1.165, 1.54) is 13.3 Å². The lowest BCUT2D eigenvalue weighted by atomic mass is 10.2. The molecule has 27 heavy (non-hydrogen) atoms. The van der Waals surface area contributed by atoms with Crippen molar-refractivity contribution in [1.82, 2.24) is 24.6 Å². The zero-order valence-corrected chi connectivity index (χ0v) is 15.8. The van der Waals surface area contributed by atoms with Gasteiger partial charge in [0.05, 0.1) is 25.0 Å². The summed E-state index contributed by atoms with van der Waals surface area (Å²) in [5, 5.41) is 10.8. The van der Waals surface area contributed by atoms with Crippen molar-refractivity contribution >= 4 is 17.5 Å². The summed E-state index contributed by atoms with van der Waals surface area (Å²) in [5.41, 5.74) is 0.438. The molecule has 0 aliphatic carbocycles. The van der Waals surface area contributed by atoms with Crippen molar-refractivity contribution in [2.45, 2.75) is 39.3 Å². The number of aromatic nitrogens is 4. The third kappa shape index (κ3) is 4.24. The third-order valence-electron chi connectivity index (χ3n) is 4.42. The van der Waals surface area contributed by atoms with Gasteiger partial charge in [-0.15, -0.1) is 10.2 Å². The van der Waals surface area contributed by atoms with Gasteiger partial charge in [-0.3, -0.25) is 9.59 Å². The van der Waals surface area contributed by atoms with Crippen molar-refractivity contribution < 1.29 is 14.3 Å². The summed E-state index contributed by atoms with van der Waals surface area (Å²) in [4.78, 5) is 30.7. The van der Waals surface area contributed by atoms with Crippen molar-refractivity contribution in [2.75, 3.05) is 19.0 Å². The summed E-state index contributed by atoms with van der Waals surface area (Å²) < 4.78 is 6.95. The minimum Gasteiger partial charge on any atom is -0.481 e. The van der Waals surface area contributed by atoms with Crippen LogP contribution in [-0.2, 0) is 16.1 Å². The molecule has 0 radical (unpaired) electrons. The molecule has 1 saturated heterocycles. The maximum atomic E-state index is 12.7. The Morgan fingerprint density at radius 2 is 2.19 bits per heavy atom. The van der Waals surface area contributed by atoms with E-state index in [9.17, 15) is 9.59 Å². The molecule has 1 N–H and O–H groups in total. The number of ether oxygens (including phenoxy) is 1. The fourth-order valence-electron chi connectivity index (χ4n) is 3.22. The van der Waals surface area contributed by atoms with Crippen molar-refractivity contribution in [3.8, 4) is 5.88 Å². The predicted octanol–water partition coefficient (Wildman–Crippen LogP) is 1.64. The molecule has 2 aromatic rings. The average molecular weight is 372 g/mol. The van der Waals surface area contributed by atoms with Gasteiger partial charge in [0.1, 0.15) is 6.33 Å². The maximum Gasteiger partial charge on any atom is 0.313 e. The van der Waals surface area contributed by atoms with Crippen LogP contribution in [0.15, 0.2) is 24.7 Å². The van der Waals surface area contributed by atoms with E-state index in [1.807, 2.05) is 4.57 Å². The first-order chi connectivity index (χ1) is 13.0. The van der Waals surface area contributed by atoms with E-state index in [1.54, 1.807) is 23.4 Å². The lowest BCUT2D eigenvalue weighted by Crippen LogP contribution is -2.40. The van der Waals surface area contributed by atoms with Crippen LogP contribution >= 0.6 is 0 Å². The minimum atomic E-state index is -0.691. The summed E-state index contributed by atoms with van der Waals surface area (Å²) in [6, 6.07) is 3.02. The fraction of sp³-hybridized carbons (Fsp3) is 0.500. The van der Waals surface area contributed by atoms with Crippen LogP contribution in [-0.4, -0.2) is 50.1 Å². The highest BCUT2D eigenvalue weighted by Crippen LogP contribution is 2.31. The number of hydrogen-bond acceptors (Lipinski definition) is 6. The van der Waals surface area contributed by atoms with Crippen LogP contribution in [0.4, 0.5) is 5.69 Å². The number of nitrogens with zero attached hydrogens (tertiary/aromatic N) is 5. The zero-order valence-electron chi connectivity index (χ0n) is 15.8. The molecule has 0 aromatic carbocycles. The van der Waals surface area contributed by atoms with Gasteiger partial charge in [0.15, 0.2) is 5.82 Å². The monoisotopic (exact) mass is 372 g/mol. The summed E-state index contributed by atoms with van der Waals surface area (Å²) in [6.45, 7) is 5.51. The van der Waals surface area contributed by atoms with Gasteiger partial charge in [-0.25, -0.2) is 4.98 Å². The van der Waals surface area contributed by atoms with Gasteiger partial charge in [-0.2, -0.15) is 0 Å². The van der Waals surface area contributed by atoms with E-state index in [0.717, 1.165) is 25.2 Å². The van der Waals surface area contributed by atoms with Gasteiger partial charge >= 0.3 is 11.8 Å². The lowest BCUT2D eigenvalue weighted by Gasteiger charge is -2.24. The molecule has 1 fully saturated rings. The highest BCUT2D eigenvalue weighted by molar-refractivity contribution is 6.39. The predicted molar refractivity (Wildman–Crippen MR) is 98.0 cm³/mol. The molecule has 9 nitrogen and oxygen atoms in total. The zero-order chi connectivity index (χ0) is 19.4. The number of amides is 2. The van der Waals surface area contributed by atoms with E-state index in [0.29, 0.717) is 24.0 Å². The van der Waals surface area contributed by atoms with Gasteiger partial charge < -0.3 is 19.5 Å². The molecule has 9 heteroatoms. The second-order valence-corrected chi connectivity index (χ2v) is 6.94. The SMILES string of the molecule is COc1ccc(NC(=O)C(=O)N2CCC[C@H]2c2nncn2CC(C)C)cn1. The van der Waals surface area contributed by atoms with E-state index < -0.39 is 11.8 Å². The second kappa shape index (κ2) is 8.15. The summed E-state index contributed by atoms with van der Waals surface area (Å²) in [6.07, 6.45) is 4.71. The van der Waals surface area contributed by atoms with Gasteiger partial charge in [0, 0.05) is 19.2 Å². The van der Waals surface area contributed by atoms with Gasteiger partial charge in [-0.05, 0) is 24.8 Å². The summed E-state index contributed by atoms with van der Waals surface area (Å²) in [5.74, 6) is 0.323. The Hall–Kier alpha value is -2.97. The van der Waals surface area contributed by atoms with Gasteiger partial charge in [0.25, 0.3) is 0 Å². The highest BCUT2D eigenvalue weighted by atomic mass is 16.5. The van der Waals surface area contributed by atoms with Crippen LogP contribution in [0.25, 0.3) is 0 Å². The van der Waals surface area contributed by atoms with E-state index in [4.69, 9.17) is 4.74 Å². The third-order valence-corrected chi connectivity index (χ3v) is 4.42. The van der Waals surface area contributed by atoms with Crippen molar-refractivity contribution in [3.05, 3.63) is 30.5 Å². The Labute approximate surface area is 157 Å². The van der Waals surface area contributed by atoms with Crippen molar-refractivity contribution in [3.63, 3.8) is 0 Å². The van der Waals surface area contributed by atoms with Crippen LogP contribution in [0.2, 0.25) is 0 Å². The number of carbonyl (C=O) groups is 2. The summed E-state index contributed by atoms with van der Waals surface area (Å²) >= 11 is 0. The Bertz CT molecular complexity index is 802. The molecule has 1 aliphatic heterocycles.